The minimum atomic E-state index is -4.60. The molecule has 0 bridgehead atoms. The highest BCUT2D eigenvalue weighted by Gasteiger charge is 2.33. The Balaban J connectivity index is 1.23. The molecule has 14 heteroatoms. The van der Waals surface area contributed by atoms with Gasteiger partial charge in [-0.05, 0) is 49.4 Å². The van der Waals surface area contributed by atoms with Gasteiger partial charge in [0, 0.05) is 75.0 Å². The van der Waals surface area contributed by atoms with Crippen LogP contribution in [0, 0.1) is 6.92 Å². The molecule has 2 aliphatic heterocycles. The number of benzene rings is 2. The maximum atomic E-state index is 13.8. The van der Waals surface area contributed by atoms with Crippen molar-refractivity contribution in [3.8, 4) is 0 Å². The molecule has 0 radical (unpaired) electrons. The van der Waals surface area contributed by atoms with Crippen LogP contribution in [0.1, 0.15) is 38.1 Å². The van der Waals surface area contributed by atoms with Crippen LogP contribution in [-0.4, -0.2) is 98.7 Å². The zero-order chi connectivity index (χ0) is 32.0. The summed E-state index contributed by atoms with van der Waals surface area (Å²) >= 11 is 1.24. The molecule has 0 unspecified atom stereocenters. The third-order valence-corrected chi connectivity index (χ3v) is 8.93. The molecule has 10 nitrogen and oxygen atoms in total. The summed E-state index contributed by atoms with van der Waals surface area (Å²) in [5.41, 5.74) is 0.948. The molecular weight excluding hydrogens is 607 g/mol. The summed E-state index contributed by atoms with van der Waals surface area (Å²) in [6.07, 6.45) is -3.10. The Morgan fingerprint density at radius 3 is 2.42 bits per heavy atom. The lowest BCUT2D eigenvalue weighted by molar-refractivity contribution is -0.137. The van der Waals surface area contributed by atoms with Crippen LogP contribution in [0.3, 0.4) is 0 Å². The lowest BCUT2D eigenvalue weighted by atomic mass is 10.1. The fourth-order valence-electron chi connectivity index (χ4n) is 5.24. The van der Waals surface area contributed by atoms with Gasteiger partial charge in [0.05, 0.1) is 25.0 Å². The van der Waals surface area contributed by atoms with Gasteiger partial charge in [-0.2, -0.15) is 13.2 Å². The number of alkyl halides is 3. The minimum absolute atomic E-state index is 0.0952. The Hall–Kier alpha value is -3.72. The average Bonchev–Trinajstić information content (AvgIpc) is 3.52. The van der Waals surface area contributed by atoms with Gasteiger partial charge < -0.3 is 30.5 Å². The van der Waals surface area contributed by atoms with E-state index in [1.54, 1.807) is 18.2 Å². The zero-order valence-electron chi connectivity index (χ0n) is 25.4. The normalized spacial score (nSPS) is 16.4. The van der Waals surface area contributed by atoms with E-state index in [9.17, 15) is 22.8 Å². The molecule has 2 saturated heterocycles. The summed E-state index contributed by atoms with van der Waals surface area (Å²) < 4.78 is 46.8. The summed E-state index contributed by atoms with van der Waals surface area (Å²) in [6.45, 7) is 12.1. The van der Waals surface area contributed by atoms with Gasteiger partial charge in [-0.15, -0.1) is 0 Å². The van der Waals surface area contributed by atoms with Gasteiger partial charge >= 0.3 is 6.18 Å². The van der Waals surface area contributed by atoms with Crippen molar-refractivity contribution in [3.05, 3.63) is 64.2 Å². The van der Waals surface area contributed by atoms with Gasteiger partial charge in [0.2, 0.25) is 0 Å². The van der Waals surface area contributed by atoms with E-state index in [1.807, 2.05) is 18.7 Å². The van der Waals surface area contributed by atoms with Gasteiger partial charge in [0.1, 0.15) is 4.88 Å². The SMILES string of the molecule is CCN1CCN(c2cc(C(=O)Nc3ccc(C)c(NC(=O)c4cnc(NCCN5CCOCC5)s4)c3)cc(C(F)(F)F)c2)CC1. The van der Waals surface area contributed by atoms with Crippen molar-refractivity contribution >= 4 is 45.3 Å². The summed E-state index contributed by atoms with van der Waals surface area (Å²) in [5, 5.41) is 9.45. The molecule has 2 fully saturated rings. The minimum Gasteiger partial charge on any atom is -0.379 e. The second kappa shape index (κ2) is 14.6. The van der Waals surface area contributed by atoms with E-state index >= 15 is 0 Å². The van der Waals surface area contributed by atoms with Crippen LogP contribution in [-0.2, 0) is 10.9 Å². The van der Waals surface area contributed by atoms with Crippen LogP contribution in [0.2, 0.25) is 0 Å². The predicted octanol–water partition coefficient (Wildman–Crippen LogP) is 4.86. The Morgan fingerprint density at radius 2 is 1.71 bits per heavy atom. The van der Waals surface area contributed by atoms with Gasteiger partial charge in [0.25, 0.3) is 11.8 Å². The number of anilines is 4. The Bertz CT molecular complexity index is 1490. The Kier molecular flexibility index (Phi) is 10.6. The van der Waals surface area contributed by atoms with Crippen LogP contribution in [0.25, 0.3) is 0 Å². The number of thiazole rings is 1. The van der Waals surface area contributed by atoms with Crippen molar-refractivity contribution < 1.29 is 27.5 Å². The van der Waals surface area contributed by atoms with Crippen LogP contribution >= 0.6 is 11.3 Å². The van der Waals surface area contributed by atoms with Crippen molar-refractivity contribution in [2.24, 2.45) is 0 Å². The van der Waals surface area contributed by atoms with E-state index < -0.39 is 17.6 Å². The van der Waals surface area contributed by atoms with Gasteiger partial charge in [-0.25, -0.2) is 4.98 Å². The van der Waals surface area contributed by atoms with Gasteiger partial charge in [0.15, 0.2) is 5.13 Å². The number of amides is 2. The van der Waals surface area contributed by atoms with Crippen molar-refractivity contribution in [3.63, 3.8) is 0 Å². The standard InChI is InChI=1S/C31H38F3N7O3S/c1-3-39-8-10-41(11-9-39)25-17-22(16-23(18-25)31(32,33)34)28(42)37-24-5-4-21(2)26(19-24)38-29(43)27-20-36-30(45-27)35-6-7-40-12-14-44-15-13-40/h4-5,16-20H,3,6-15H2,1-2H3,(H,35,36)(H,37,42)(H,38,43). The molecule has 1 aromatic heterocycles. The van der Waals surface area contributed by atoms with E-state index in [0.29, 0.717) is 46.7 Å². The molecule has 0 spiro atoms. The van der Waals surface area contributed by atoms with Crippen LogP contribution in [0.4, 0.5) is 35.4 Å². The largest absolute Gasteiger partial charge is 0.416 e. The summed E-state index contributed by atoms with van der Waals surface area (Å²) in [5.74, 6) is -1.03. The maximum Gasteiger partial charge on any atom is 0.416 e. The molecule has 2 amide bonds. The molecule has 0 atom stereocenters. The van der Waals surface area contributed by atoms with E-state index in [0.717, 1.165) is 70.2 Å². The number of aromatic nitrogens is 1. The number of aryl methyl sites for hydroxylation is 1. The fraction of sp³-hybridized carbons (Fsp3) is 0.452. The molecule has 3 heterocycles. The van der Waals surface area contributed by atoms with E-state index in [1.165, 1.54) is 23.6 Å². The summed E-state index contributed by atoms with van der Waals surface area (Å²) in [4.78, 5) is 37.4. The number of hydrogen-bond donors (Lipinski definition) is 3. The zero-order valence-corrected chi connectivity index (χ0v) is 26.2. The quantitative estimate of drug-likeness (QED) is 0.288. The molecule has 2 aromatic carbocycles. The topological polar surface area (TPSA) is 102 Å². The Morgan fingerprint density at radius 1 is 0.956 bits per heavy atom. The predicted molar refractivity (Wildman–Crippen MR) is 171 cm³/mol. The summed E-state index contributed by atoms with van der Waals surface area (Å²) in [7, 11) is 0. The number of rotatable bonds is 10. The fourth-order valence-corrected chi connectivity index (χ4v) is 5.98. The monoisotopic (exact) mass is 645 g/mol. The molecular formula is C31H38F3N7O3S. The number of hydrogen-bond acceptors (Lipinski definition) is 9. The highest BCUT2D eigenvalue weighted by atomic mass is 32.1. The second-order valence-corrected chi connectivity index (χ2v) is 12.1. The number of likely N-dealkylation sites (N-methyl/N-ethyl adjacent to an activating group) is 1. The first kappa shape index (κ1) is 32.7. The van der Waals surface area contributed by atoms with Crippen LogP contribution < -0.4 is 20.9 Å². The van der Waals surface area contributed by atoms with E-state index in [-0.39, 0.29) is 11.5 Å². The van der Waals surface area contributed by atoms with Crippen LogP contribution in [0.5, 0.6) is 0 Å². The van der Waals surface area contributed by atoms with Crippen molar-refractivity contribution in [1.29, 1.82) is 0 Å². The molecule has 242 valence electrons. The maximum absolute atomic E-state index is 13.8. The van der Waals surface area contributed by atoms with Crippen LogP contribution in [0.15, 0.2) is 42.6 Å². The first-order valence-corrected chi connectivity index (χ1v) is 15.8. The molecule has 3 aromatic rings. The number of ether oxygens (including phenoxy) is 1. The first-order valence-electron chi connectivity index (χ1n) is 15.0. The van der Waals surface area contributed by atoms with Crippen molar-refractivity contribution in [2.45, 2.75) is 20.0 Å². The summed E-state index contributed by atoms with van der Waals surface area (Å²) in [6, 6.07) is 8.42. The molecule has 3 N–H and O–H groups in total. The smallest absolute Gasteiger partial charge is 0.379 e. The molecule has 2 aliphatic rings. The molecule has 0 saturated carbocycles. The number of piperazine rings is 1. The number of nitrogens with zero attached hydrogens (tertiary/aromatic N) is 4. The number of halogens is 3. The first-order chi connectivity index (χ1) is 21.6. The number of morpholine rings is 1. The highest BCUT2D eigenvalue weighted by Crippen LogP contribution is 2.34. The molecule has 0 aliphatic carbocycles. The van der Waals surface area contributed by atoms with Crippen molar-refractivity contribution in [1.82, 2.24) is 14.8 Å². The van der Waals surface area contributed by atoms with E-state index in [4.69, 9.17) is 4.74 Å². The van der Waals surface area contributed by atoms with Gasteiger partial charge in [-0.3, -0.25) is 14.5 Å². The lowest BCUT2D eigenvalue weighted by Crippen LogP contribution is -2.46. The average molecular weight is 646 g/mol. The lowest BCUT2D eigenvalue weighted by Gasteiger charge is -2.36. The molecule has 45 heavy (non-hydrogen) atoms. The third-order valence-electron chi connectivity index (χ3n) is 7.97. The third kappa shape index (κ3) is 8.72. The number of carbonyl (C=O) groups is 2. The van der Waals surface area contributed by atoms with Gasteiger partial charge in [-0.1, -0.05) is 24.3 Å². The Labute approximate surface area is 264 Å². The highest BCUT2D eigenvalue weighted by molar-refractivity contribution is 7.17. The number of nitrogens with one attached hydrogen (secondary N) is 3. The number of carbonyl (C=O) groups excluding carboxylic acids is 2. The van der Waals surface area contributed by atoms with Crippen molar-refractivity contribution in [2.75, 3.05) is 93.0 Å². The molecule has 5 rings (SSSR count). The second-order valence-electron chi connectivity index (χ2n) is 11.0. The van der Waals surface area contributed by atoms with E-state index in [2.05, 4.69) is 30.7 Å².